The van der Waals surface area contributed by atoms with Crippen molar-refractivity contribution in [1.82, 2.24) is 24.4 Å². The Balaban J connectivity index is 1.37. The summed E-state index contributed by atoms with van der Waals surface area (Å²) in [5, 5.41) is 3.42. The fraction of sp³-hybridized carbons (Fsp3) is 0.556. The molecule has 4 rings (SSSR count). The van der Waals surface area contributed by atoms with Crippen LogP contribution in [-0.4, -0.2) is 61.7 Å². The van der Waals surface area contributed by atoms with Crippen molar-refractivity contribution in [1.29, 1.82) is 0 Å². The normalized spacial score (nSPS) is 22.3. The molecule has 8 nitrogen and oxygen atoms in total. The number of imidazole rings is 1. The van der Waals surface area contributed by atoms with E-state index >= 15 is 0 Å². The van der Waals surface area contributed by atoms with E-state index < -0.39 is 0 Å². The van der Waals surface area contributed by atoms with Crippen molar-refractivity contribution in [2.75, 3.05) is 25.0 Å². The first-order valence-electron chi connectivity index (χ1n) is 9.09. The first-order valence-corrected chi connectivity index (χ1v) is 9.09. The van der Waals surface area contributed by atoms with E-state index in [0.29, 0.717) is 30.9 Å². The molecule has 0 radical (unpaired) electrons. The molecule has 2 aliphatic rings. The number of carbonyl (C=O) groups excluding carboxylic acids is 1. The van der Waals surface area contributed by atoms with Crippen molar-refractivity contribution in [3.8, 4) is 0 Å². The molecule has 26 heavy (non-hydrogen) atoms. The minimum absolute atomic E-state index is 0.00415. The van der Waals surface area contributed by atoms with Crippen LogP contribution >= 0.6 is 0 Å². The number of carbonyl (C=O) groups is 1. The smallest absolute Gasteiger partial charge is 0.289 e. The Morgan fingerprint density at radius 2 is 2.00 bits per heavy atom. The van der Waals surface area contributed by atoms with Crippen LogP contribution in [0.15, 0.2) is 30.9 Å². The van der Waals surface area contributed by atoms with E-state index in [9.17, 15) is 4.79 Å². The molecule has 0 bridgehead atoms. The molecule has 0 aromatic carbocycles. The van der Waals surface area contributed by atoms with Crippen molar-refractivity contribution >= 4 is 11.9 Å². The minimum atomic E-state index is -0.164. The number of anilines is 1. The lowest BCUT2D eigenvalue weighted by atomic mass is 9.82. The van der Waals surface area contributed by atoms with Gasteiger partial charge in [0, 0.05) is 57.6 Å². The molecule has 2 aliphatic heterocycles. The van der Waals surface area contributed by atoms with Crippen LogP contribution in [-0.2, 0) is 11.8 Å². The number of nitrogens with zero attached hydrogens (tertiary/aromatic N) is 5. The molecule has 2 aromatic heterocycles. The highest BCUT2D eigenvalue weighted by Crippen LogP contribution is 2.36. The Morgan fingerprint density at radius 1 is 1.23 bits per heavy atom. The number of rotatable bonds is 3. The predicted molar refractivity (Wildman–Crippen MR) is 95.7 cm³/mol. The van der Waals surface area contributed by atoms with Crippen molar-refractivity contribution in [3.63, 3.8) is 0 Å². The van der Waals surface area contributed by atoms with Gasteiger partial charge in [-0.25, -0.2) is 15.0 Å². The highest BCUT2D eigenvalue weighted by molar-refractivity contribution is 5.90. The van der Waals surface area contributed by atoms with Gasteiger partial charge >= 0.3 is 0 Å². The van der Waals surface area contributed by atoms with Crippen LogP contribution in [0, 0.1) is 0 Å². The molecule has 1 unspecified atom stereocenters. The number of amides is 1. The third kappa shape index (κ3) is 3.41. The monoisotopic (exact) mass is 356 g/mol. The van der Waals surface area contributed by atoms with Crippen LogP contribution in [0.5, 0.6) is 0 Å². The van der Waals surface area contributed by atoms with Crippen molar-refractivity contribution < 1.29 is 9.53 Å². The number of nitrogens with one attached hydrogen (secondary N) is 1. The largest absolute Gasteiger partial charge is 0.375 e. The predicted octanol–water partition coefficient (Wildman–Crippen LogP) is 1.48. The van der Waals surface area contributed by atoms with E-state index in [2.05, 4.69) is 20.3 Å². The van der Waals surface area contributed by atoms with Crippen LogP contribution < -0.4 is 5.32 Å². The van der Waals surface area contributed by atoms with Crippen molar-refractivity contribution in [2.45, 2.75) is 37.3 Å². The Bertz CT molecular complexity index is 754. The van der Waals surface area contributed by atoms with E-state index in [1.54, 1.807) is 29.4 Å². The van der Waals surface area contributed by atoms with Crippen LogP contribution in [0.1, 0.15) is 36.3 Å². The SMILES string of the molecule is Cn1ccnc1C(=O)N1CCC2(CC1)CC(Nc1ncccn1)CCO2. The molecule has 1 N–H and O–H groups in total. The zero-order valence-electron chi connectivity index (χ0n) is 15.0. The van der Waals surface area contributed by atoms with Crippen molar-refractivity contribution in [3.05, 3.63) is 36.7 Å². The van der Waals surface area contributed by atoms with E-state index in [-0.39, 0.29) is 11.5 Å². The summed E-state index contributed by atoms with van der Waals surface area (Å²) >= 11 is 0. The number of hydrogen-bond acceptors (Lipinski definition) is 6. The van der Waals surface area contributed by atoms with Crippen LogP contribution in [0.3, 0.4) is 0 Å². The van der Waals surface area contributed by atoms with Crippen LogP contribution in [0.4, 0.5) is 5.95 Å². The topological polar surface area (TPSA) is 85.2 Å². The van der Waals surface area contributed by atoms with Gasteiger partial charge in [-0.3, -0.25) is 4.79 Å². The molecule has 0 aliphatic carbocycles. The third-order valence-electron chi connectivity index (χ3n) is 5.37. The zero-order valence-corrected chi connectivity index (χ0v) is 15.0. The minimum Gasteiger partial charge on any atom is -0.375 e. The number of piperidine rings is 1. The van der Waals surface area contributed by atoms with Gasteiger partial charge in [0.25, 0.3) is 5.91 Å². The average Bonchev–Trinajstić information content (AvgIpc) is 3.09. The third-order valence-corrected chi connectivity index (χ3v) is 5.37. The van der Waals surface area contributed by atoms with Gasteiger partial charge in [0.2, 0.25) is 5.95 Å². The summed E-state index contributed by atoms with van der Waals surface area (Å²) in [6.07, 6.45) is 10.5. The Labute approximate surface area is 152 Å². The second-order valence-electron chi connectivity index (χ2n) is 7.09. The molecule has 2 saturated heterocycles. The fourth-order valence-corrected chi connectivity index (χ4v) is 3.89. The quantitative estimate of drug-likeness (QED) is 0.897. The number of likely N-dealkylation sites (tertiary alicyclic amines) is 1. The average molecular weight is 356 g/mol. The summed E-state index contributed by atoms with van der Waals surface area (Å²) in [7, 11) is 1.85. The van der Waals surface area contributed by atoms with Gasteiger partial charge in [-0.05, 0) is 31.7 Å². The zero-order chi connectivity index (χ0) is 18.0. The molecule has 2 aromatic rings. The summed E-state index contributed by atoms with van der Waals surface area (Å²) < 4.78 is 7.94. The summed E-state index contributed by atoms with van der Waals surface area (Å²) in [4.78, 5) is 27.2. The molecular formula is C18H24N6O2. The maximum Gasteiger partial charge on any atom is 0.289 e. The van der Waals surface area contributed by atoms with E-state index in [0.717, 1.165) is 32.3 Å². The second kappa shape index (κ2) is 7.03. The van der Waals surface area contributed by atoms with Gasteiger partial charge in [0.15, 0.2) is 5.82 Å². The van der Waals surface area contributed by atoms with Crippen LogP contribution in [0.2, 0.25) is 0 Å². The Kier molecular flexibility index (Phi) is 4.58. The number of hydrogen-bond donors (Lipinski definition) is 1. The lowest BCUT2D eigenvalue weighted by molar-refractivity contribution is -0.110. The maximum atomic E-state index is 12.6. The lowest BCUT2D eigenvalue weighted by Gasteiger charge is -2.46. The van der Waals surface area contributed by atoms with Gasteiger partial charge in [-0.2, -0.15) is 0 Å². The molecule has 1 spiro atoms. The van der Waals surface area contributed by atoms with E-state index in [1.165, 1.54) is 0 Å². The Morgan fingerprint density at radius 3 is 2.69 bits per heavy atom. The molecule has 4 heterocycles. The van der Waals surface area contributed by atoms with Gasteiger partial charge in [0.1, 0.15) is 0 Å². The molecule has 1 atom stereocenters. The van der Waals surface area contributed by atoms with Crippen LogP contribution in [0.25, 0.3) is 0 Å². The maximum absolute atomic E-state index is 12.6. The Hall–Kier alpha value is -2.48. The summed E-state index contributed by atoms with van der Waals surface area (Å²) in [5.41, 5.74) is -0.164. The van der Waals surface area contributed by atoms with Gasteiger partial charge < -0.3 is 19.5 Å². The van der Waals surface area contributed by atoms with E-state index in [1.807, 2.05) is 18.0 Å². The highest BCUT2D eigenvalue weighted by atomic mass is 16.5. The number of ether oxygens (including phenoxy) is 1. The molecule has 8 heteroatoms. The molecule has 2 fully saturated rings. The fourth-order valence-electron chi connectivity index (χ4n) is 3.89. The van der Waals surface area contributed by atoms with E-state index in [4.69, 9.17) is 4.74 Å². The lowest BCUT2D eigenvalue weighted by Crippen LogP contribution is -2.53. The highest BCUT2D eigenvalue weighted by Gasteiger charge is 2.41. The standard InChI is InChI=1S/C18H24N6O2/c1-23-11-8-19-15(23)16(25)24-9-4-18(5-10-24)13-14(3-12-26-18)22-17-20-6-2-7-21-17/h2,6-8,11,14H,3-5,9-10,12-13H2,1H3,(H,20,21,22). The first kappa shape index (κ1) is 17.0. The summed E-state index contributed by atoms with van der Waals surface area (Å²) in [6.45, 7) is 2.11. The van der Waals surface area contributed by atoms with Gasteiger partial charge in [-0.15, -0.1) is 0 Å². The summed E-state index contributed by atoms with van der Waals surface area (Å²) in [5.74, 6) is 1.15. The summed E-state index contributed by atoms with van der Waals surface area (Å²) in [6, 6.07) is 2.10. The first-order chi connectivity index (χ1) is 12.7. The van der Waals surface area contributed by atoms with Gasteiger partial charge in [0.05, 0.1) is 5.60 Å². The van der Waals surface area contributed by atoms with Crippen molar-refractivity contribution in [2.24, 2.45) is 7.05 Å². The number of aryl methyl sites for hydroxylation is 1. The molecule has 1 amide bonds. The number of aromatic nitrogens is 4. The molecular weight excluding hydrogens is 332 g/mol. The second-order valence-corrected chi connectivity index (χ2v) is 7.09. The van der Waals surface area contributed by atoms with Gasteiger partial charge in [-0.1, -0.05) is 0 Å². The molecule has 138 valence electrons. The molecule has 0 saturated carbocycles.